The fraction of sp³-hybridized carbons (Fsp3) is 0.188. The molecule has 2 aromatic heterocycles. The lowest BCUT2D eigenvalue weighted by atomic mass is 10.0. The number of para-hydroxylation sites is 1. The van der Waals surface area contributed by atoms with Gasteiger partial charge in [-0.2, -0.15) is 5.10 Å². The van der Waals surface area contributed by atoms with Crippen molar-refractivity contribution < 1.29 is 4.79 Å². The second-order valence-electron chi connectivity index (χ2n) is 4.91. The molecule has 3 aromatic rings. The predicted octanol–water partition coefficient (Wildman–Crippen LogP) is 2.70. The monoisotopic (exact) mass is 265 g/mol. The van der Waals surface area contributed by atoms with Crippen molar-refractivity contribution in [1.29, 1.82) is 0 Å². The van der Waals surface area contributed by atoms with E-state index in [-0.39, 0.29) is 5.78 Å². The van der Waals surface area contributed by atoms with Crippen LogP contribution in [-0.4, -0.2) is 20.5 Å². The van der Waals surface area contributed by atoms with E-state index in [1.807, 2.05) is 56.6 Å². The summed E-state index contributed by atoms with van der Waals surface area (Å²) in [5, 5.41) is 5.16. The smallest absolute Gasteiger partial charge is 0.169 e. The van der Waals surface area contributed by atoms with E-state index >= 15 is 0 Å². The minimum Gasteiger partial charge on any atom is -0.294 e. The Morgan fingerprint density at radius 1 is 1.25 bits per heavy atom. The summed E-state index contributed by atoms with van der Waals surface area (Å²) >= 11 is 0. The summed E-state index contributed by atoms with van der Waals surface area (Å²) in [6.45, 7) is 1.91. The highest BCUT2D eigenvalue weighted by Gasteiger charge is 2.13. The highest BCUT2D eigenvalue weighted by Crippen LogP contribution is 2.19. The number of aryl methyl sites for hydroxylation is 2. The van der Waals surface area contributed by atoms with Crippen molar-refractivity contribution in [2.24, 2.45) is 7.05 Å². The maximum Gasteiger partial charge on any atom is 0.169 e. The van der Waals surface area contributed by atoms with E-state index in [1.54, 1.807) is 4.68 Å². The molecule has 0 aliphatic rings. The van der Waals surface area contributed by atoms with Gasteiger partial charge >= 0.3 is 0 Å². The third kappa shape index (κ3) is 2.32. The van der Waals surface area contributed by atoms with Gasteiger partial charge in [0.2, 0.25) is 0 Å². The third-order valence-electron chi connectivity index (χ3n) is 3.26. The number of aromatic nitrogens is 3. The van der Waals surface area contributed by atoms with E-state index in [0.717, 1.165) is 27.9 Å². The fourth-order valence-electron chi connectivity index (χ4n) is 2.36. The van der Waals surface area contributed by atoms with Crippen molar-refractivity contribution in [3.63, 3.8) is 0 Å². The van der Waals surface area contributed by atoms with Gasteiger partial charge in [-0.1, -0.05) is 18.2 Å². The van der Waals surface area contributed by atoms with Crippen LogP contribution < -0.4 is 0 Å². The molecule has 0 radical (unpaired) electrons. The second kappa shape index (κ2) is 4.89. The zero-order chi connectivity index (χ0) is 14.1. The number of ketones is 1. The Morgan fingerprint density at radius 2 is 2.05 bits per heavy atom. The number of nitrogens with zero attached hydrogens (tertiary/aromatic N) is 3. The zero-order valence-electron chi connectivity index (χ0n) is 11.5. The number of hydrogen-bond donors (Lipinski definition) is 0. The molecule has 0 aliphatic heterocycles. The van der Waals surface area contributed by atoms with Gasteiger partial charge in [-0.15, -0.1) is 0 Å². The first-order chi connectivity index (χ1) is 9.63. The van der Waals surface area contributed by atoms with E-state index in [1.165, 1.54) is 0 Å². The quantitative estimate of drug-likeness (QED) is 0.684. The molecule has 0 fully saturated rings. The van der Waals surface area contributed by atoms with Crippen LogP contribution in [0.1, 0.15) is 21.7 Å². The predicted molar refractivity (Wildman–Crippen MR) is 77.7 cm³/mol. The number of Topliss-reactive ketones (excluding diaryl/α,β-unsaturated/α-hetero) is 1. The van der Waals surface area contributed by atoms with Crippen LogP contribution in [0.15, 0.2) is 42.6 Å². The number of carbonyl (C=O) groups is 1. The van der Waals surface area contributed by atoms with Crippen molar-refractivity contribution in [3.05, 3.63) is 59.5 Å². The minimum absolute atomic E-state index is 0.0744. The molecule has 0 amide bonds. The summed E-state index contributed by atoms with van der Waals surface area (Å²) in [5.41, 5.74) is 3.22. The summed E-state index contributed by atoms with van der Waals surface area (Å²) < 4.78 is 1.71. The van der Waals surface area contributed by atoms with Crippen molar-refractivity contribution in [1.82, 2.24) is 14.8 Å². The van der Waals surface area contributed by atoms with Gasteiger partial charge in [-0.05, 0) is 25.1 Å². The van der Waals surface area contributed by atoms with Crippen LogP contribution in [0.5, 0.6) is 0 Å². The number of pyridine rings is 1. The molecule has 2 heterocycles. The Bertz CT molecular complexity index is 789. The number of carbonyl (C=O) groups excluding carboxylic acids is 1. The van der Waals surface area contributed by atoms with Crippen LogP contribution in [0.25, 0.3) is 10.9 Å². The van der Waals surface area contributed by atoms with Crippen LogP contribution in [-0.2, 0) is 13.5 Å². The Kier molecular flexibility index (Phi) is 3.06. The van der Waals surface area contributed by atoms with Gasteiger partial charge in [0.15, 0.2) is 5.78 Å². The van der Waals surface area contributed by atoms with Gasteiger partial charge in [-0.25, -0.2) is 0 Å². The van der Waals surface area contributed by atoms with Crippen molar-refractivity contribution in [3.8, 4) is 0 Å². The summed E-state index contributed by atoms with van der Waals surface area (Å²) in [7, 11) is 1.85. The fourth-order valence-corrected chi connectivity index (χ4v) is 2.36. The number of hydrogen-bond acceptors (Lipinski definition) is 3. The Hall–Kier alpha value is -2.49. The highest BCUT2D eigenvalue weighted by atomic mass is 16.1. The summed E-state index contributed by atoms with van der Waals surface area (Å²) in [6.07, 6.45) is 2.16. The Morgan fingerprint density at radius 3 is 2.80 bits per heavy atom. The molecule has 0 bridgehead atoms. The number of rotatable bonds is 3. The van der Waals surface area contributed by atoms with Crippen LogP contribution in [0.4, 0.5) is 0 Å². The summed E-state index contributed by atoms with van der Waals surface area (Å²) in [5.74, 6) is 0.0744. The lowest BCUT2D eigenvalue weighted by Crippen LogP contribution is -2.06. The maximum atomic E-state index is 12.5. The van der Waals surface area contributed by atoms with Crippen molar-refractivity contribution in [2.45, 2.75) is 13.3 Å². The van der Waals surface area contributed by atoms with Gasteiger partial charge in [-0.3, -0.25) is 14.5 Å². The first-order valence-corrected chi connectivity index (χ1v) is 6.51. The molecule has 0 aliphatic carbocycles. The molecular formula is C16H15N3O. The minimum atomic E-state index is 0.0744. The first kappa shape index (κ1) is 12.5. The molecule has 0 atom stereocenters. The first-order valence-electron chi connectivity index (χ1n) is 6.51. The molecule has 4 nitrogen and oxygen atoms in total. The van der Waals surface area contributed by atoms with Crippen LogP contribution >= 0.6 is 0 Å². The molecule has 4 heteroatoms. The van der Waals surface area contributed by atoms with E-state index in [2.05, 4.69) is 10.1 Å². The van der Waals surface area contributed by atoms with Crippen LogP contribution in [0.3, 0.4) is 0 Å². The Balaban J connectivity index is 2.02. The normalized spacial score (nSPS) is 10.9. The van der Waals surface area contributed by atoms with E-state index in [9.17, 15) is 4.79 Å². The zero-order valence-corrected chi connectivity index (χ0v) is 11.5. The largest absolute Gasteiger partial charge is 0.294 e. The topological polar surface area (TPSA) is 47.8 Å². The molecule has 0 spiro atoms. The molecule has 0 unspecified atom stereocenters. The molecule has 20 heavy (non-hydrogen) atoms. The van der Waals surface area contributed by atoms with Gasteiger partial charge in [0, 0.05) is 29.9 Å². The molecule has 0 saturated carbocycles. The average molecular weight is 265 g/mol. The molecular weight excluding hydrogens is 250 g/mol. The average Bonchev–Trinajstić information content (AvgIpc) is 2.83. The summed E-state index contributed by atoms with van der Waals surface area (Å²) in [6, 6.07) is 11.5. The number of fused-ring (bicyclic) bond motifs is 1. The van der Waals surface area contributed by atoms with Gasteiger partial charge in [0.1, 0.15) is 0 Å². The van der Waals surface area contributed by atoms with E-state index < -0.39 is 0 Å². The van der Waals surface area contributed by atoms with Gasteiger partial charge in [0.05, 0.1) is 17.6 Å². The standard InChI is InChI=1S/C16H15N3O/c1-11-9-14(13-5-3-4-6-15(13)17-11)16(20)10-12-7-8-19(2)18-12/h3-9H,10H2,1-2H3. The van der Waals surface area contributed by atoms with Gasteiger partial charge < -0.3 is 0 Å². The molecule has 0 saturated heterocycles. The number of benzene rings is 1. The molecule has 3 rings (SSSR count). The molecule has 0 N–H and O–H groups in total. The van der Waals surface area contributed by atoms with E-state index in [4.69, 9.17) is 0 Å². The van der Waals surface area contributed by atoms with Gasteiger partial charge in [0.25, 0.3) is 0 Å². The second-order valence-corrected chi connectivity index (χ2v) is 4.91. The Labute approximate surface area is 117 Å². The molecule has 1 aromatic carbocycles. The van der Waals surface area contributed by atoms with Crippen LogP contribution in [0, 0.1) is 6.92 Å². The highest BCUT2D eigenvalue weighted by molar-refractivity contribution is 6.08. The van der Waals surface area contributed by atoms with Crippen molar-refractivity contribution >= 4 is 16.7 Å². The SMILES string of the molecule is Cc1cc(C(=O)Cc2ccn(C)n2)c2ccccc2n1. The van der Waals surface area contributed by atoms with E-state index in [0.29, 0.717) is 6.42 Å². The maximum absolute atomic E-state index is 12.5. The van der Waals surface area contributed by atoms with Crippen molar-refractivity contribution in [2.75, 3.05) is 0 Å². The van der Waals surface area contributed by atoms with Crippen LogP contribution in [0.2, 0.25) is 0 Å². The lowest BCUT2D eigenvalue weighted by Gasteiger charge is -2.06. The lowest BCUT2D eigenvalue weighted by molar-refractivity contribution is 0.0993. The molecule has 100 valence electrons. The third-order valence-corrected chi connectivity index (χ3v) is 3.26. The summed E-state index contributed by atoms with van der Waals surface area (Å²) in [4.78, 5) is 17.0.